The van der Waals surface area contributed by atoms with E-state index in [1.54, 1.807) is 30.7 Å². The van der Waals surface area contributed by atoms with Crippen LogP contribution >= 0.6 is 11.6 Å². The second-order valence-electron chi connectivity index (χ2n) is 5.51. The van der Waals surface area contributed by atoms with Crippen LogP contribution in [0.4, 0.5) is 19.0 Å². The van der Waals surface area contributed by atoms with Crippen LogP contribution in [0.3, 0.4) is 0 Å². The summed E-state index contributed by atoms with van der Waals surface area (Å²) in [6.45, 7) is 1.78. The van der Waals surface area contributed by atoms with Gasteiger partial charge >= 0.3 is 6.18 Å². The molecule has 2 N–H and O–H groups in total. The predicted molar refractivity (Wildman–Crippen MR) is 88.8 cm³/mol. The Morgan fingerprint density at radius 2 is 1.80 bits per heavy atom. The van der Waals surface area contributed by atoms with E-state index in [9.17, 15) is 13.2 Å². The maximum Gasteiger partial charge on any atom is 0.416 e. The van der Waals surface area contributed by atoms with Gasteiger partial charge in [-0.15, -0.1) is 10.2 Å². The molecule has 1 aromatic carbocycles. The fraction of sp³-hybridized carbons (Fsp3) is 0.188. The molecule has 0 aliphatic carbocycles. The Morgan fingerprint density at radius 3 is 2.48 bits per heavy atom. The smallest absolute Gasteiger partial charge is 0.382 e. The summed E-state index contributed by atoms with van der Waals surface area (Å²) in [7, 11) is 1.65. The van der Waals surface area contributed by atoms with Gasteiger partial charge < -0.3 is 10.3 Å². The van der Waals surface area contributed by atoms with E-state index in [2.05, 4.69) is 15.2 Å². The van der Waals surface area contributed by atoms with Crippen molar-refractivity contribution in [3.63, 3.8) is 0 Å². The molecular formula is C16H13ClF3N5. The fourth-order valence-electron chi connectivity index (χ4n) is 2.44. The number of hydrogen-bond donors (Lipinski definition) is 1. The van der Waals surface area contributed by atoms with E-state index in [-0.39, 0.29) is 11.6 Å². The second-order valence-corrected chi connectivity index (χ2v) is 5.91. The molecule has 0 spiro atoms. The summed E-state index contributed by atoms with van der Waals surface area (Å²) in [4.78, 5) is 4.21. The highest BCUT2D eigenvalue weighted by atomic mass is 35.5. The molecule has 3 rings (SSSR count). The number of anilines is 1. The summed E-state index contributed by atoms with van der Waals surface area (Å²) in [5.41, 5.74) is 6.48. The minimum atomic E-state index is -4.43. The van der Waals surface area contributed by atoms with E-state index in [1.165, 1.54) is 6.07 Å². The molecule has 3 aromatic rings. The molecule has 0 aliphatic heterocycles. The largest absolute Gasteiger partial charge is 0.416 e. The Hall–Kier alpha value is -2.61. The zero-order valence-electron chi connectivity index (χ0n) is 13.3. The van der Waals surface area contributed by atoms with Crippen LogP contribution in [-0.2, 0) is 13.2 Å². The Labute approximate surface area is 146 Å². The number of halogens is 4. The van der Waals surface area contributed by atoms with Crippen molar-refractivity contribution in [3.05, 3.63) is 46.5 Å². The third-order valence-electron chi connectivity index (χ3n) is 3.73. The lowest BCUT2D eigenvalue weighted by Gasteiger charge is -2.10. The molecule has 0 atom stereocenters. The van der Waals surface area contributed by atoms with E-state index < -0.39 is 11.7 Å². The van der Waals surface area contributed by atoms with Crippen molar-refractivity contribution >= 4 is 17.4 Å². The molecule has 0 saturated carbocycles. The van der Waals surface area contributed by atoms with Gasteiger partial charge in [0.15, 0.2) is 11.6 Å². The summed E-state index contributed by atoms with van der Waals surface area (Å²) < 4.78 is 40.3. The van der Waals surface area contributed by atoms with Gasteiger partial charge in [-0.05, 0) is 30.7 Å². The van der Waals surface area contributed by atoms with Crippen LogP contribution in [-0.4, -0.2) is 19.7 Å². The average molecular weight is 368 g/mol. The second kappa shape index (κ2) is 6.03. The molecule has 9 heteroatoms. The van der Waals surface area contributed by atoms with Crippen molar-refractivity contribution in [3.8, 4) is 22.9 Å². The van der Waals surface area contributed by atoms with Gasteiger partial charge in [-0.1, -0.05) is 23.7 Å². The van der Waals surface area contributed by atoms with Crippen molar-refractivity contribution < 1.29 is 13.2 Å². The number of nitrogen functional groups attached to an aromatic ring is 1. The Bertz CT molecular complexity index is 949. The van der Waals surface area contributed by atoms with E-state index in [0.717, 1.165) is 17.7 Å². The number of aryl methyl sites for hydroxylation is 1. The number of benzene rings is 1. The zero-order chi connectivity index (χ0) is 18.4. The lowest BCUT2D eigenvalue weighted by Crippen LogP contribution is -2.05. The van der Waals surface area contributed by atoms with Crippen LogP contribution in [0.5, 0.6) is 0 Å². The van der Waals surface area contributed by atoms with Crippen LogP contribution < -0.4 is 5.73 Å². The fourth-order valence-corrected chi connectivity index (χ4v) is 2.65. The summed E-state index contributed by atoms with van der Waals surface area (Å²) in [6.07, 6.45) is -4.43. The van der Waals surface area contributed by atoms with Gasteiger partial charge in [-0.2, -0.15) is 13.2 Å². The van der Waals surface area contributed by atoms with Crippen molar-refractivity contribution in [1.82, 2.24) is 19.7 Å². The number of pyridine rings is 1. The van der Waals surface area contributed by atoms with E-state index in [1.807, 2.05) is 0 Å². The predicted octanol–water partition coefficient (Wildman–Crippen LogP) is 4.11. The van der Waals surface area contributed by atoms with Gasteiger partial charge in [0.1, 0.15) is 11.5 Å². The normalized spacial score (nSPS) is 11.8. The molecule has 0 amide bonds. The van der Waals surface area contributed by atoms with E-state index in [4.69, 9.17) is 17.3 Å². The lowest BCUT2D eigenvalue weighted by atomic mass is 10.1. The third-order valence-corrected chi connectivity index (χ3v) is 4.03. The number of alkyl halides is 3. The SMILES string of the molecule is Cc1cc(Cl)c(N)nc1-c1nnc(-c2cccc(C(F)(F)F)c2)n1C. The van der Waals surface area contributed by atoms with Crippen LogP contribution in [0.2, 0.25) is 5.02 Å². The first-order valence-electron chi connectivity index (χ1n) is 7.18. The number of rotatable bonds is 2. The van der Waals surface area contributed by atoms with Crippen molar-refractivity contribution in [1.29, 1.82) is 0 Å². The van der Waals surface area contributed by atoms with Crippen LogP contribution in [0.15, 0.2) is 30.3 Å². The minimum absolute atomic E-state index is 0.144. The molecule has 5 nitrogen and oxygen atoms in total. The Morgan fingerprint density at radius 1 is 1.12 bits per heavy atom. The van der Waals surface area contributed by atoms with Gasteiger partial charge in [0.25, 0.3) is 0 Å². The molecule has 0 radical (unpaired) electrons. The summed E-state index contributed by atoms with van der Waals surface area (Å²) in [5, 5.41) is 8.39. The first kappa shape index (κ1) is 17.2. The number of hydrogen-bond acceptors (Lipinski definition) is 4. The maximum atomic E-state index is 12.9. The maximum absolute atomic E-state index is 12.9. The van der Waals surface area contributed by atoms with Gasteiger partial charge in [-0.3, -0.25) is 0 Å². The number of aromatic nitrogens is 4. The highest BCUT2D eigenvalue weighted by Crippen LogP contribution is 2.33. The quantitative estimate of drug-likeness (QED) is 0.740. The number of nitrogens with zero attached hydrogens (tertiary/aromatic N) is 4. The van der Waals surface area contributed by atoms with Gasteiger partial charge in [0.05, 0.1) is 10.6 Å². The van der Waals surface area contributed by atoms with Gasteiger partial charge in [0.2, 0.25) is 0 Å². The summed E-state index contributed by atoms with van der Waals surface area (Å²) in [5.74, 6) is 0.815. The molecule has 0 aliphatic rings. The molecule has 130 valence electrons. The van der Waals surface area contributed by atoms with Crippen LogP contribution in [0.25, 0.3) is 22.9 Å². The Balaban J connectivity index is 2.10. The van der Waals surface area contributed by atoms with Gasteiger partial charge in [-0.25, -0.2) is 4.98 Å². The topological polar surface area (TPSA) is 69.6 Å². The monoisotopic (exact) mass is 367 g/mol. The highest BCUT2D eigenvalue weighted by molar-refractivity contribution is 6.32. The van der Waals surface area contributed by atoms with Crippen LogP contribution in [0.1, 0.15) is 11.1 Å². The third kappa shape index (κ3) is 3.17. The van der Waals surface area contributed by atoms with Crippen molar-refractivity contribution in [2.75, 3.05) is 5.73 Å². The average Bonchev–Trinajstić information content (AvgIpc) is 2.92. The highest BCUT2D eigenvalue weighted by Gasteiger charge is 2.31. The summed E-state index contributed by atoms with van der Waals surface area (Å²) >= 11 is 5.94. The van der Waals surface area contributed by atoms with Crippen molar-refractivity contribution in [2.24, 2.45) is 7.05 Å². The molecular weight excluding hydrogens is 355 g/mol. The molecule has 25 heavy (non-hydrogen) atoms. The molecule has 2 heterocycles. The van der Waals surface area contributed by atoms with Crippen LogP contribution in [0, 0.1) is 6.92 Å². The standard InChI is InChI=1S/C16H13ClF3N5/c1-8-6-11(17)13(21)22-12(8)15-24-23-14(25(15)2)9-4-3-5-10(7-9)16(18,19)20/h3-7H,1-2H3,(H2,21,22). The molecule has 0 fully saturated rings. The minimum Gasteiger partial charge on any atom is -0.382 e. The van der Waals surface area contributed by atoms with E-state index >= 15 is 0 Å². The van der Waals surface area contributed by atoms with E-state index in [0.29, 0.717) is 22.1 Å². The first-order valence-corrected chi connectivity index (χ1v) is 7.56. The number of nitrogens with two attached hydrogens (primary N) is 1. The van der Waals surface area contributed by atoms with Gasteiger partial charge in [0, 0.05) is 12.6 Å². The van der Waals surface area contributed by atoms with Crippen molar-refractivity contribution in [2.45, 2.75) is 13.1 Å². The molecule has 0 bridgehead atoms. The molecule has 0 unspecified atom stereocenters. The first-order chi connectivity index (χ1) is 11.7. The summed E-state index contributed by atoms with van der Waals surface area (Å²) in [6, 6.07) is 6.56. The lowest BCUT2D eigenvalue weighted by molar-refractivity contribution is -0.137. The zero-order valence-corrected chi connectivity index (χ0v) is 14.0. The Kier molecular flexibility index (Phi) is 4.16. The molecule has 2 aromatic heterocycles. The molecule has 0 saturated heterocycles.